The molecule has 1 saturated heterocycles. The molecule has 0 aliphatic carbocycles. The molecule has 1 rings (SSSR count). The summed E-state index contributed by atoms with van der Waals surface area (Å²) in [6, 6.07) is -1.19. The normalized spacial score (nSPS) is 23.6. The van der Waals surface area contributed by atoms with Crippen molar-refractivity contribution < 1.29 is 44.7 Å². The zero-order valence-electron chi connectivity index (χ0n) is 25.2. The van der Waals surface area contributed by atoms with Gasteiger partial charge >= 0.3 is 5.97 Å². The Hall–Kier alpha value is -1.70. The molecule has 1 aliphatic rings. The molecule has 1 aliphatic heterocycles. The smallest absolute Gasteiger partial charge is 0.346 e. The lowest BCUT2D eigenvalue weighted by molar-refractivity contribution is -0.205. The van der Waals surface area contributed by atoms with Gasteiger partial charge in [-0.15, -0.1) is 11.8 Å². The fraction of sp³-hybridized carbons (Fsp3) is 0.833. The van der Waals surface area contributed by atoms with E-state index < -0.39 is 53.9 Å². The van der Waals surface area contributed by atoms with Gasteiger partial charge in [0.15, 0.2) is 0 Å². The number of thioether (sulfide) groups is 1. The number of ether oxygens (including phenoxy) is 1. The van der Waals surface area contributed by atoms with Gasteiger partial charge in [0.1, 0.15) is 18.3 Å². The highest BCUT2D eigenvalue weighted by molar-refractivity contribution is 8.01. The number of hydrogen-bond acceptors (Lipinski definition) is 9. The Bertz CT molecular complexity index is 803. The largest absolute Gasteiger partial charge is 0.478 e. The minimum absolute atomic E-state index is 0.0988. The average Bonchev–Trinajstić information content (AvgIpc) is 2.97. The van der Waals surface area contributed by atoms with Crippen LogP contribution < -0.4 is 10.6 Å². The van der Waals surface area contributed by atoms with E-state index in [4.69, 9.17) is 4.74 Å². The van der Waals surface area contributed by atoms with Gasteiger partial charge in [0.2, 0.25) is 16.7 Å². The summed E-state index contributed by atoms with van der Waals surface area (Å²) in [6.45, 7) is 5.21. The molecule has 42 heavy (non-hydrogen) atoms. The molecule has 0 spiro atoms. The van der Waals surface area contributed by atoms with Crippen LogP contribution in [0, 0.1) is 0 Å². The number of aliphatic hydroxyl groups is 4. The van der Waals surface area contributed by atoms with Crippen LogP contribution in [0.25, 0.3) is 0 Å². The maximum atomic E-state index is 12.7. The fourth-order valence-electron chi connectivity index (χ4n) is 5.00. The first-order valence-electron chi connectivity index (χ1n) is 15.5. The summed E-state index contributed by atoms with van der Waals surface area (Å²) in [5.74, 6) is -1.56. The molecule has 0 aromatic heterocycles. The molecule has 0 radical (unpaired) electrons. The number of hydrogen-bond donors (Lipinski definition) is 7. The summed E-state index contributed by atoms with van der Waals surface area (Å²) in [4.78, 5) is 34.4. The number of carbonyl (C=O) groups is 3. The second-order valence-corrected chi connectivity index (χ2v) is 12.4. The van der Waals surface area contributed by atoms with E-state index >= 15 is 0 Å². The second kappa shape index (κ2) is 21.9. The zero-order valence-corrected chi connectivity index (χ0v) is 26.0. The van der Waals surface area contributed by atoms with E-state index in [1.807, 2.05) is 0 Å². The van der Waals surface area contributed by atoms with Gasteiger partial charge in [0.25, 0.3) is 0 Å². The van der Waals surface area contributed by atoms with E-state index in [1.54, 1.807) is 0 Å². The van der Waals surface area contributed by atoms with Crippen molar-refractivity contribution in [2.75, 3.05) is 18.9 Å². The Balaban J connectivity index is 2.68. The Morgan fingerprint density at radius 3 is 2.17 bits per heavy atom. The third kappa shape index (κ3) is 14.2. The number of carboxylic acids is 1. The number of rotatable bonds is 24. The van der Waals surface area contributed by atoms with Crippen molar-refractivity contribution in [1.29, 1.82) is 0 Å². The highest BCUT2D eigenvalue weighted by Gasteiger charge is 2.54. The van der Waals surface area contributed by atoms with Crippen LogP contribution in [0.3, 0.4) is 0 Å². The van der Waals surface area contributed by atoms with Crippen molar-refractivity contribution >= 4 is 29.5 Å². The quantitative estimate of drug-likeness (QED) is 0.0626. The van der Waals surface area contributed by atoms with Crippen LogP contribution in [0.1, 0.15) is 103 Å². The van der Waals surface area contributed by atoms with Crippen LogP contribution in [-0.4, -0.2) is 97.6 Å². The Morgan fingerprint density at radius 1 is 1.00 bits per heavy atom. The lowest BCUT2D eigenvalue weighted by Gasteiger charge is -2.46. The van der Waals surface area contributed by atoms with E-state index in [1.165, 1.54) is 44.6 Å². The SMILES string of the molecule is C=CC(=O)NCCCCCC(=O)N[C@H]1C([C@H](O)[C@H](O)CO)O[C@@](SCCCCCCCCCCCC)(C(=O)O)C[C@@H]1O. The van der Waals surface area contributed by atoms with Gasteiger partial charge in [-0.05, 0) is 31.1 Å². The summed E-state index contributed by atoms with van der Waals surface area (Å²) in [5, 5.41) is 56.6. The third-order valence-electron chi connectivity index (χ3n) is 7.54. The lowest BCUT2D eigenvalue weighted by atomic mass is 9.89. The topological polar surface area (TPSA) is 186 Å². The molecule has 0 aromatic rings. The summed E-state index contributed by atoms with van der Waals surface area (Å²) < 4.78 is 5.91. The first-order valence-corrected chi connectivity index (χ1v) is 16.5. The molecule has 6 atom stereocenters. The number of carbonyl (C=O) groups excluding carboxylic acids is 2. The molecule has 1 heterocycles. The van der Waals surface area contributed by atoms with Crippen LogP contribution in [0.5, 0.6) is 0 Å². The fourth-order valence-corrected chi connectivity index (χ4v) is 6.27. The Morgan fingerprint density at radius 2 is 1.60 bits per heavy atom. The van der Waals surface area contributed by atoms with Crippen molar-refractivity contribution in [3.8, 4) is 0 Å². The number of aliphatic hydroxyl groups excluding tert-OH is 4. The third-order valence-corrected chi connectivity index (χ3v) is 8.94. The van der Waals surface area contributed by atoms with Gasteiger partial charge in [-0.25, -0.2) is 4.79 Å². The maximum absolute atomic E-state index is 12.7. The van der Waals surface area contributed by atoms with Gasteiger partial charge in [-0.2, -0.15) is 0 Å². The van der Waals surface area contributed by atoms with Gasteiger partial charge in [0, 0.05) is 19.4 Å². The Kier molecular flexibility index (Phi) is 20.0. The molecule has 1 fully saturated rings. The number of unbranched alkanes of at least 4 members (excludes halogenated alkanes) is 11. The number of nitrogens with one attached hydrogen (secondary N) is 2. The number of carboxylic acid groups (broad SMARTS) is 1. The van der Waals surface area contributed by atoms with Crippen LogP contribution in [0.15, 0.2) is 12.7 Å². The molecular formula is C30H54N2O9S. The molecule has 0 aromatic carbocycles. The molecule has 2 amide bonds. The highest BCUT2D eigenvalue weighted by atomic mass is 32.2. The van der Waals surface area contributed by atoms with Gasteiger partial charge in [0.05, 0.1) is 18.8 Å². The van der Waals surface area contributed by atoms with Gasteiger partial charge in [-0.3, -0.25) is 9.59 Å². The monoisotopic (exact) mass is 618 g/mol. The minimum atomic E-state index is -1.88. The van der Waals surface area contributed by atoms with E-state index in [9.17, 15) is 39.9 Å². The van der Waals surface area contributed by atoms with Gasteiger partial charge < -0.3 is 40.9 Å². The average molecular weight is 619 g/mol. The number of aliphatic carboxylic acids is 1. The van der Waals surface area contributed by atoms with Crippen molar-refractivity contribution in [2.24, 2.45) is 0 Å². The molecule has 7 N–H and O–H groups in total. The molecule has 11 nitrogen and oxygen atoms in total. The van der Waals surface area contributed by atoms with Crippen molar-refractivity contribution in [3.63, 3.8) is 0 Å². The first kappa shape index (κ1) is 38.3. The minimum Gasteiger partial charge on any atom is -0.478 e. The maximum Gasteiger partial charge on any atom is 0.346 e. The molecule has 1 unspecified atom stereocenters. The van der Waals surface area contributed by atoms with Crippen molar-refractivity contribution in [2.45, 2.75) is 139 Å². The first-order chi connectivity index (χ1) is 20.1. The van der Waals surface area contributed by atoms with Crippen LogP contribution in [-0.2, 0) is 19.1 Å². The standard InChI is InChI=1S/C30H54N2O9S/c1-3-5-6-7-8-9-10-11-12-16-19-42-30(29(39)40)20-22(34)26(28(41-30)27(38)23(35)21-33)32-25(37)17-14-13-15-18-31-24(36)4-2/h4,22-23,26-28,33-35,38H,2-3,5-21H2,1H3,(H,31,36)(H,32,37)(H,39,40)/t22-,23+,26+,27+,28?,30-/m0/s1. The number of amides is 2. The predicted octanol–water partition coefficient (Wildman–Crippen LogP) is 2.63. The van der Waals surface area contributed by atoms with Crippen LogP contribution in [0.2, 0.25) is 0 Å². The second-order valence-electron chi connectivity index (χ2n) is 11.1. The summed E-state index contributed by atoms with van der Waals surface area (Å²) in [5.41, 5.74) is 0. The predicted molar refractivity (Wildman–Crippen MR) is 163 cm³/mol. The molecule has 244 valence electrons. The van der Waals surface area contributed by atoms with E-state index in [0.29, 0.717) is 31.6 Å². The van der Waals surface area contributed by atoms with Crippen LogP contribution in [0.4, 0.5) is 0 Å². The van der Waals surface area contributed by atoms with E-state index in [0.717, 1.165) is 37.4 Å². The van der Waals surface area contributed by atoms with Crippen LogP contribution >= 0.6 is 11.8 Å². The zero-order chi connectivity index (χ0) is 31.4. The summed E-state index contributed by atoms with van der Waals surface area (Å²) >= 11 is 1.03. The van der Waals surface area contributed by atoms with E-state index in [2.05, 4.69) is 24.1 Å². The molecule has 0 saturated carbocycles. The Labute approximate surface area is 254 Å². The molecule has 0 bridgehead atoms. The van der Waals surface area contributed by atoms with Crippen molar-refractivity contribution in [3.05, 3.63) is 12.7 Å². The molecule has 12 heteroatoms. The van der Waals surface area contributed by atoms with Gasteiger partial charge in [-0.1, -0.05) is 77.7 Å². The van der Waals surface area contributed by atoms with E-state index in [-0.39, 0.29) is 18.7 Å². The molecular weight excluding hydrogens is 564 g/mol. The lowest BCUT2D eigenvalue weighted by Crippen LogP contribution is -2.66. The van der Waals surface area contributed by atoms with Crippen molar-refractivity contribution in [1.82, 2.24) is 10.6 Å². The summed E-state index contributed by atoms with van der Waals surface area (Å²) in [7, 11) is 0. The summed E-state index contributed by atoms with van der Waals surface area (Å²) in [6.07, 6.45) is 7.89. The highest BCUT2D eigenvalue weighted by Crippen LogP contribution is 2.41.